The van der Waals surface area contributed by atoms with Gasteiger partial charge in [0.1, 0.15) is 10.9 Å². The molecule has 1 saturated heterocycles. The third-order valence-corrected chi connectivity index (χ3v) is 6.75. The van der Waals surface area contributed by atoms with E-state index in [1.165, 1.54) is 0 Å². The first-order chi connectivity index (χ1) is 13.4. The third kappa shape index (κ3) is 3.40. The topological polar surface area (TPSA) is 78.8 Å². The van der Waals surface area contributed by atoms with Gasteiger partial charge in [-0.1, -0.05) is 35.9 Å². The number of hydrogen-bond donors (Lipinski definition) is 1. The molecule has 2 aromatic rings. The number of carbonyl (C=O) groups excluding carboxylic acids is 1. The van der Waals surface area contributed by atoms with Gasteiger partial charge in [0, 0.05) is 17.1 Å². The molecule has 146 valence electrons. The summed E-state index contributed by atoms with van der Waals surface area (Å²) in [6, 6.07) is 13.4. The molecular weight excluding hydrogens is 398 g/mol. The summed E-state index contributed by atoms with van der Waals surface area (Å²) in [4.78, 5) is 15.0. The van der Waals surface area contributed by atoms with Crippen LogP contribution < -0.4 is 5.32 Å². The number of likely N-dealkylation sites (tertiary alicyclic amines) is 1. The van der Waals surface area contributed by atoms with Gasteiger partial charge in [-0.25, -0.2) is 0 Å². The number of amides is 1. The molecule has 8 heteroatoms. The predicted molar refractivity (Wildman–Crippen MR) is 108 cm³/mol. The minimum Gasteiger partial charge on any atom is -0.348 e. The van der Waals surface area contributed by atoms with Crippen molar-refractivity contribution in [3.63, 3.8) is 0 Å². The summed E-state index contributed by atoms with van der Waals surface area (Å²) in [7, 11) is -3.71. The Balaban J connectivity index is 1.56. The second-order valence-electron chi connectivity index (χ2n) is 7.02. The van der Waals surface area contributed by atoms with Crippen LogP contribution in [0.3, 0.4) is 0 Å². The Labute approximate surface area is 169 Å². The van der Waals surface area contributed by atoms with Crippen LogP contribution in [0, 0.1) is 0 Å². The van der Waals surface area contributed by atoms with Crippen molar-refractivity contribution in [2.75, 3.05) is 6.54 Å². The number of benzene rings is 2. The normalized spacial score (nSPS) is 21.1. The van der Waals surface area contributed by atoms with E-state index in [4.69, 9.17) is 11.6 Å². The van der Waals surface area contributed by atoms with E-state index in [-0.39, 0.29) is 16.8 Å². The van der Waals surface area contributed by atoms with Gasteiger partial charge in [0.15, 0.2) is 5.84 Å². The van der Waals surface area contributed by atoms with Gasteiger partial charge in [-0.3, -0.25) is 4.79 Å². The number of fused-ring (bicyclic) bond motifs is 1. The number of hydrogen-bond acceptors (Lipinski definition) is 4. The van der Waals surface area contributed by atoms with Crippen molar-refractivity contribution in [2.45, 2.75) is 36.7 Å². The molecule has 4 rings (SSSR count). The summed E-state index contributed by atoms with van der Waals surface area (Å²) in [5.74, 6) is 0.233. The van der Waals surface area contributed by atoms with Crippen LogP contribution >= 0.6 is 11.6 Å². The van der Waals surface area contributed by atoms with E-state index >= 15 is 0 Å². The number of halogens is 1. The molecule has 2 aliphatic heterocycles. The Hall–Kier alpha value is -2.38. The predicted octanol–water partition coefficient (Wildman–Crippen LogP) is 3.13. The highest BCUT2D eigenvalue weighted by Gasteiger charge is 2.39. The number of carbonyl (C=O) groups is 1. The quantitative estimate of drug-likeness (QED) is 0.832. The van der Waals surface area contributed by atoms with Crippen LogP contribution in [0.25, 0.3) is 0 Å². The molecule has 1 fully saturated rings. The van der Waals surface area contributed by atoms with Crippen molar-refractivity contribution in [1.29, 1.82) is 0 Å². The summed E-state index contributed by atoms with van der Waals surface area (Å²) < 4.78 is 28.7. The van der Waals surface area contributed by atoms with Gasteiger partial charge in [-0.2, -0.15) is 8.42 Å². The Bertz CT molecular complexity index is 1050. The van der Waals surface area contributed by atoms with E-state index in [9.17, 15) is 13.2 Å². The Morgan fingerprint density at radius 2 is 1.93 bits per heavy atom. The molecule has 28 heavy (non-hydrogen) atoms. The molecular formula is C20H20ClN3O3S. The number of nitrogens with one attached hydrogen (secondary N) is 1. The Morgan fingerprint density at radius 1 is 1.21 bits per heavy atom. The average molecular weight is 418 g/mol. The minimum atomic E-state index is -3.71. The molecule has 1 amide bonds. The maximum absolute atomic E-state index is 13.0. The lowest BCUT2D eigenvalue weighted by Crippen LogP contribution is -2.46. The SMILES string of the molecule is CC(NC(=O)[C@@H]1CCCN1C1=NS(=O)(=O)c2ccccc21)c1ccc(Cl)cc1. The number of amidine groups is 1. The fourth-order valence-corrected chi connectivity index (χ4v) is 5.08. The van der Waals surface area contributed by atoms with Gasteiger partial charge in [-0.05, 0) is 49.6 Å². The fourth-order valence-electron chi connectivity index (χ4n) is 3.73. The smallest absolute Gasteiger partial charge is 0.285 e. The molecule has 0 radical (unpaired) electrons. The lowest BCUT2D eigenvalue weighted by atomic mass is 10.1. The van der Waals surface area contributed by atoms with Gasteiger partial charge in [-0.15, -0.1) is 4.40 Å². The molecule has 0 spiro atoms. The van der Waals surface area contributed by atoms with Crippen molar-refractivity contribution in [2.24, 2.45) is 4.40 Å². The van der Waals surface area contributed by atoms with E-state index in [1.807, 2.05) is 24.0 Å². The van der Waals surface area contributed by atoms with Crippen LogP contribution in [0.4, 0.5) is 0 Å². The van der Waals surface area contributed by atoms with Crippen LogP contribution in [0.5, 0.6) is 0 Å². The van der Waals surface area contributed by atoms with E-state index in [0.29, 0.717) is 29.4 Å². The largest absolute Gasteiger partial charge is 0.348 e. The van der Waals surface area contributed by atoms with Gasteiger partial charge in [0.25, 0.3) is 10.0 Å². The lowest BCUT2D eigenvalue weighted by molar-refractivity contribution is -0.125. The van der Waals surface area contributed by atoms with Crippen LogP contribution in [-0.2, 0) is 14.8 Å². The molecule has 0 bridgehead atoms. The number of nitrogens with zero attached hydrogens (tertiary/aromatic N) is 2. The first kappa shape index (κ1) is 19.0. The summed E-state index contributed by atoms with van der Waals surface area (Å²) >= 11 is 5.93. The van der Waals surface area contributed by atoms with Crippen molar-refractivity contribution < 1.29 is 13.2 Å². The first-order valence-electron chi connectivity index (χ1n) is 9.14. The highest BCUT2D eigenvalue weighted by Crippen LogP contribution is 2.31. The second-order valence-corrected chi connectivity index (χ2v) is 9.03. The van der Waals surface area contributed by atoms with Crippen molar-refractivity contribution in [3.8, 4) is 0 Å². The number of sulfonamides is 1. The molecule has 1 unspecified atom stereocenters. The molecule has 0 aliphatic carbocycles. The standard InChI is InChI=1S/C20H20ClN3O3S/c1-13(14-8-10-15(21)11-9-14)22-20(25)17-6-4-12-24(17)19-16-5-2-3-7-18(16)28(26,27)23-19/h2-3,5,7-11,13,17H,4,6,12H2,1H3,(H,22,25)/t13?,17-/m0/s1. The summed E-state index contributed by atoms with van der Waals surface area (Å²) in [6.45, 7) is 2.50. The third-order valence-electron chi connectivity index (χ3n) is 5.17. The molecule has 0 saturated carbocycles. The molecule has 6 nitrogen and oxygen atoms in total. The molecule has 2 aliphatic rings. The minimum absolute atomic E-state index is 0.135. The first-order valence-corrected chi connectivity index (χ1v) is 11.0. The highest BCUT2D eigenvalue weighted by molar-refractivity contribution is 7.90. The zero-order valence-corrected chi connectivity index (χ0v) is 16.9. The Kier molecular flexibility index (Phi) is 4.89. The molecule has 2 aromatic carbocycles. The maximum Gasteiger partial charge on any atom is 0.285 e. The zero-order chi connectivity index (χ0) is 19.9. The van der Waals surface area contributed by atoms with Crippen molar-refractivity contribution in [1.82, 2.24) is 10.2 Å². The van der Waals surface area contributed by atoms with E-state index in [0.717, 1.165) is 12.0 Å². The van der Waals surface area contributed by atoms with Gasteiger partial charge in [0.05, 0.1) is 6.04 Å². The Morgan fingerprint density at radius 3 is 2.68 bits per heavy atom. The van der Waals surface area contributed by atoms with Crippen LogP contribution in [0.2, 0.25) is 5.02 Å². The number of rotatable bonds is 3. The van der Waals surface area contributed by atoms with Gasteiger partial charge < -0.3 is 10.2 Å². The zero-order valence-electron chi connectivity index (χ0n) is 15.3. The van der Waals surface area contributed by atoms with E-state index in [2.05, 4.69) is 9.71 Å². The molecule has 0 aromatic heterocycles. The monoisotopic (exact) mass is 417 g/mol. The second kappa shape index (κ2) is 7.22. The average Bonchev–Trinajstić information content (AvgIpc) is 3.25. The summed E-state index contributed by atoms with van der Waals surface area (Å²) in [5.41, 5.74) is 1.52. The molecule has 2 heterocycles. The molecule has 2 atom stereocenters. The van der Waals surface area contributed by atoms with E-state index < -0.39 is 16.1 Å². The van der Waals surface area contributed by atoms with Crippen LogP contribution in [-0.4, -0.2) is 37.6 Å². The van der Waals surface area contributed by atoms with Crippen LogP contribution in [0.1, 0.15) is 36.9 Å². The van der Waals surface area contributed by atoms with Gasteiger partial charge >= 0.3 is 0 Å². The van der Waals surface area contributed by atoms with E-state index in [1.54, 1.807) is 36.4 Å². The highest BCUT2D eigenvalue weighted by atomic mass is 35.5. The van der Waals surface area contributed by atoms with Gasteiger partial charge in [0.2, 0.25) is 5.91 Å². The van der Waals surface area contributed by atoms with Crippen molar-refractivity contribution in [3.05, 3.63) is 64.7 Å². The fraction of sp³-hybridized carbons (Fsp3) is 0.300. The van der Waals surface area contributed by atoms with Crippen LogP contribution in [0.15, 0.2) is 57.8 Å². The molecule has 1 N–H and O–H groups in total. The summed E-state index contributed by atoms with van der Waals surface area (Å²) in [6.07, 6.45) is 1.45. The summed E-state index contributed by atoms with van der Waals surface area (Å²) in [5, 5.41) is 3.67. The van der Waals surface area contributed by atoms with Crippen molar-refractivity contribution >= 4 is 33.4 Å². The maximum atomic E-state index is 13.0. The lowest BCUT2D eigenvalue weighted by Gasteiger charge is -2.27.